The number of hydrogen-bond acceptors (Lipinski definition) is 3. The second kappa shape index (κ2) is 7.18. The summed E-state index contributed by atoms with van der Waals surface area (Å²) in [5, 5.41) is 9.37. The van der Waals surface area contributed by atoms with E-state index < -0.39 is 12.2 Å². The number of nitrogens with zero attached hydrogens (tertiary/aromatic N) is 2. The number of benzene rings is 2. The number of hydrogen-bond donors (Lipinski definition) is 1. The van der Waals surface area contributed by atoms with E-state index in [1.165, 1.54) is 22.8 Å². The molecule has 3 aromatic rings. The lowest BCUT2D eigenvalue weighted by atomic mass is 10.2. The van der Waals surface area contributed by atoms with Gasteiger partial charge in [-0.3, -0.25) is 0 Å². The third kappa shape index (κ3) is 3.28. The minimum absolute atomic E-state index is 0.0246. The van der Waals surface area contributed by atoms with Gasteiger partial charge < -0.3 is 15.0 Å². The Morgan fingerprint density at radius 3 is 2.65 bits per heavy atom. The number of rotatable bonds is 5. The molecule has 0 aliphatic heterocycles. The van der Waals surface area contributed by atoms with Crippen LogP contribution in [0.3, 0.4) is 0 Å². The fourth-order valence-electron chi connectivity index (χ4n) is 2.70. The molecule has 2 aromatic carbocycles. The Labute approximate surface area is 152 Å². The van der Waals surface area contributed by atoms with Crippen molar-refractivity contribution in [3.8, 4) is 11.8 Å². The van der Waals surface area contributed by atoms with Crippen molar-refractivity contribution < 1.29 is 17.9 Å². The summed E-state index contributed by atoms with van der Waals surface area (Å²) in [7, 11) is 0. The van der Waals surface area contributed by atoms with Gasteiger partial charge in [0.2, 0.25) is 0 Å². The van der Waals surface area contributed by atoms with Gasteiger partial charge in [-0.15, -0.1) is 0 Å². The molecule has 0 unspecified atom stereocenters. The zero-order valence-corrected chi connectivity index (χ0v) is 14.1. The van der Waals surface area contributed by atoms with Crippen LogP contribution in [0, 0.1) is 17.1 Å². The van der Waals surface area contributed by atoms with Crippen LogP contribution in [0.5, 0.6) is 5.75 Å². The Kier molecular flexibility index (Phi) is 4.96. The first-order valence-electron chi connectivity index (χ1n) is 7.60. The summed E-state index contributed by atoms with van der Waals surface area (Å²) < 4.78 is 47.1. The summed E-state index contributed by atoms with van der Waals surface area (Å²) in [4.78, 5) is 0. The minimum Gasteiger partial charge on any atom is -0.492 e. The molecule has 1 heterocycles. The van der Waals surface area contributed by atoms with Gasteiger partial charge >= 0.3 is 0 Å². The molecule has 2 N–H and O–H groups in total. The van der Waals surface area contributed by atoms with Gasteiger partial charge in [0.15, 0.2) is 0 Å². The van der Waals surface area contributed by atoms with Crippen molar-refractivity contribution in [2.24, 2.45) is 0 Å². The summed E-state index contributed by atoms with van der Waals surface area (Å²) in [6.07, 6.45) is -2.70. The van der Waals surface area contributed by atoms with Crippen molar-refractivity contribution in [3.63, 3.8) is 0 Å². The van der Waals surface area contributed by atoms with Gasteiger partial charge in [-0.2, -0.15) is 5.26 Å². The molecule has 8 heteroatoms. The fraction of sp³-hybridized carbons (Fsp3) is 0.167. The van der Waals surface area contributed by atoms with Crippen LogP contribution in [0.15, 0.2) is 36.4 Å². The molecule has 0 radical (unpaired) electrons. The number of ether oxygens (including phenoxy) is 1. The standard InChI is InChI=1S/C18H13ClF3N3O/c19-17-12-8-16(18(21)22)25(15(12)4-3-14(17)24)5-6-26-11-2-1-10(9-23)13(20)7-11/h1-4,7-8,18H,5-6,24H2. The first kappa shape index (κ1) is 18.0. The molecular formula is C18H13ClF3N3O. The first-order valence-corrected chi connectivity index (χ1v) is 7.98. The number of anilines is 1. The molecule has 3 rings (SSSR count). The van der Waals surface area contributed by atoms with E-state index in [0.717, 1.165) is 6.07 Å². The van der Waals surface area contributed by atoms with E-state index in [-0.39, 0.29) is 35.2 Å². The first-order chi connectivity index (χ1) is 12.4. The molecule has 0 saturated heterocycles. The van der Waals surface area contributed by atoms with E-state index in [1.807, 2.05) is 0 Å². The second-order valence-electron chi connectivity index (χ2n) is 5.53. The number of nitrogens with two attached hydrogens (primary N) is 1. The molecule has 26 heavy (non-hydrogen) atoms. The summed E-state index contributed by atoms with van der Waals surface area (Å²) in [6.45, 7) is 0.127. The number of nitriles is 1. The van der Waals surface area contributed by atoms with Gasteiger partial charge in [0.05, 0.1) is 34.0 Å². The maximum atomic E-state index is 13.6. The Morgan fingerprint density at radius 2 is 2.00 bits per heavy atom. The molecule has 4 nitrogen and oxygen atoms in total. The summed E-state index contributed by atoms with van der Waals surface area (Å²) in [6, 6.07) is 10.0. The molecule has 1 aromatic heterocycles. The number of halogens is 4. The van der Waals surface area contributed by atoms with Crippen molar-refractivity contribution in [2.45, 2.75) is 13.0 Å². The molecule has 134 valence electrons. The van der Waals surface area contributed by atoms with Gasteiger partial charge in [-0.25, -0.2) is 13.2 Å². The van der Waals surface area contributed by atoms with Crippen LogP contribution in [-0.4, -0.2) is 11.2 Å². The van der Waals surface area contributed by atoms with Gasteiger partial charge in [0.25, 0.3) is 6.43 Å². The number of fused-ring (bicyclic) bond motifs is 1. The Hall–Kier alpha value is -2.85. The van der Waals surface area contributed by atoms with Crippen molar-refractivity contribution >= 4 is 28.2 Å². The van der Waals surface area contributed by atoms with Crippen LogP contribution >= 0.6 is 11.6 Å². The van der Waals surface area contributed by atoms with Gasteiger partial charge in [0.1, 0.15) is 24.2 Å². The lowest BCUT2D eigenvalue weighted by molar-refractivity contribution is 0.140. The van der Waals surface area contributed by atoms with E-state index in [1.54, 1.807) is 18.2 Å². The van der Waals surface area contributed by atoms with Gasteiger partial charge in [-0.1, -0.05) is 11.6 Å². The van der Waals surface area contributed by atoms with Crippen LogP contribution in [0.2, 0.25) is 5.02 Å². The normalized spacial score (nSPS) is 11.1. The molecule has 0 aliphatic carbocycles. The van der Waals surface area contributed by atoms with Crippen molar-refractivity contribution in [2.75, 3.05) is 12.3 Å². The second-order valence-corrected chi connectivity index (χ2v) is 5.90. The Balaban J connectivity index is 1.84. The summed E-state index contributed by atoms with van der Waals surface area (Å²) >= 11 is 6.11. The third-order valence-electron chi connectivity index (χ3n) is 3.95. The van der Waals surface area contributed by atoms with Crippen LogP contribution in [0.4, 0.5) is 18.9 Å². The summed E-state index contributed by atoms with van der Waals surface area (Å²) in [5.74, 6) is -0.495. The Morgan fingerprint density at radius 1 is 1.23 bits per heavy atom. The predicted octanol–water partition coefficient (Wildman–Crippen LogP) is 4.90. The molecule has 0 fully saturated rings. The zero-order chi connectivity index (χ0) is 18.8. The van der Waals surface area contributed by atoms with Crippen LogP contribution in [0.25, 0.3) is 10.9 Å². The quantitative estimate of drug-likeness (QED) is 0.641. The fourth-order valence-corrected chi connectivity index (χ4v) is 2.91. The SMILES string of the molecule is N#Cc1ccc(OCCn2c(C(F)F)cc3c(Cl)c(N)ccc32)cc1F. The Bertz CT molecular complexity index is 1010. The third-order valence-corrected chi connectivity index (χ3v) is 4.37. The maximum Gasteiger partial charge on any atom is 0.278 e. The average molecular weight is 380 g/mol. The number of aromatic nitrogens is 1. The summed E-state index contributed by atoms with van der Waals surface area (Å²) in [5.41, 5.74) is 6.24. The van der Waals surface area contributed by atoms with E-state index in [0.29, 0.717) is 16.6 Å². The van der Waals surface area contributed by atoms with Crippen molar-refractivity contribution in [1.29, 1.82) is 5.26 Å². The largest absolute Gasteiger partial charge is 0.492 e. The molecule has 0 atom stereocenters. The van der Waals surface area contributed by atoms with Crippen LogP contribution < -0.4 is 10.5 Å². The molecule has 0 amide bonds. The van der Waals surface area contributed by atoms with Crippen molar-refractivity contribution in [1.82, 2.24) is 4.57 Å². The van der Waals surface area contributed by atoms with Gasteiger partial charge in [0, 0.05) is 11.5 Å². The molecule has 0 aliphatic rings. The van der Waals surface area contributed by atoms with E-state index in [9.17, 15) is 13.2 Å². The zero-order valence-electron chi connectivity index (χ0n) is 13.3. The molecule has 0 spiro atoms. The highest BCUT2D eigenvalue weighted by molar-refractivity contribution is 6.38. The molecule has 0 bridgehead atoms. The predicted molar refractivity (Wildman–Crippen MR) is 92.9 cm³/mol. The van der Waals surface area contributed by atoms with E-state index in [2.05, 4.69) is 0 Å². The average Bonchev–Trinajstić information content (AvgIpc) is 2.98. The maximum absolute atomic E-state index is 13.6. The van der Waals surface area contributed by atoms with E-state index >= 15 is 0 Å². The number of alkyl halides is 2. The van der Waals surface area contributed by atoms with E-state index in [4.69, 9.17) is 27.3 Å². The monoisotopic (exact) mass is 379 g/mol. The lowest BCUT2D eigenvalue weighted by Crippen LogP contribution is -2.11. The number of nitrogen functional groups attached to an aromatic ring is 1. The molecule has 0 saturated carbocycles. The topological polar surface area (TPSA) is 64.0 Å². The highest BCUT2D eigenvalue weighted by Gasteiger charge is 2.19. The lowest BCUT2D eigenvalue weighted by Gasteiger charge is -2.12. The molecular weight excluding hydrogens is 367 g/mol. The highest BCUT2D eigenvalue weighted by atomic mass is 35.5. The van der Waals surface area contributed by atoms with Crippen LogP contribution in [0.1, 0.15) is 17.7 Å². The van der Waals surface area contributed by atoms with Gasteiger partial charge in [-0.05, 0) is 30.3 Å². The van der Waals surface area contributed by atoms with Crippen LogP contribution in [-0.2, 0) is 6.54 Å². The highest BCUT2D eigenvalue weighted by Crippen LogP contribution is 2.34. The van der Waals surface area contributed by atoms with Crippen molar-refractivity contribution in [3.05, 3.63) is 58.5 Å². The minimum atomic E-state index is -2.70. The smallest absolute Gasteiger partial charge is 0.278 e.